The molecule has 1 aromatic rings. The molecule has 0 bridgehead atoms. The van der Waals surface area contributed by atoms with E-state index in [0.29, 0.717) is 0 Å². The molecular formula is C22H41N3O. The van der Waals surface area contributed by atoms with Crippen LogP contribution in [-0.4, -0.2) is 20.9 Å². The highest BCUT2D eigenvalue weighted by molar-refractivity contribution is 5.80. The van der Waals surface area contributed by atoms with Gasteiger partial charge in [-0.25, -0.2) is 0 Å². The number of nitrogens with zero attached hydrogens (tertiary/aromatic N) is 3. The molecule has 1 aromatic heterocycles. The zero-order valence-corrected chi connectivity index (χ0v) is 17.3. The van der Waals surface area contributed by atoms with Crippen LogP contribution < -0.4 is 0 Å². The summed E-state index contributed by atoms with van der Waals surface area (Å²) in [6.45, 7) is 4.51. The van der Waals surface area contributed by atoms with Gasteiger partial charge in [0.25, 0.3) is 5.91 Å². The van der Waals surface area contributed by atoms with Gasteiger partial charge in [-0.15, -0.1) is 5.10 Å². The van der Waals surface area contributed by atoms with Gasteiger partial charge in [0.1, 0.15) is 0 Å². The molecule has 1 heterocycles. The number of rotatable bonds is 17. The Balaban J connectivity index is 2.26. The van der Waals surface area contributed by atoms with Crippen LogP contribution in [0.25, 0.3) is 0 Å². The first-order valence-corrected chi connectivity index (χ1v) is 11.2. The highest BCUT2D eigenvalue weighted by Crippen LogP contribution is 2.21. The van der Waals surface area contributed by atoms with Crippen molar-refractivity contribution in [2.75, 3.05) is 0 Å². The zero-order chi connectivity index (χ0) is 18.9. The molecule has 0 aromatic carbocycles. The first-order valence-electron chi connectivity index (χ1n) is 11.2. The van der Waals surface area contributed by atoms with E-state index in [4.69, 9.17) is 0 Å². The van der Waals surface area contributed by atoms with Crippen molar-refractivity contribution in [2.24, 2.45) is 5.92 Å². The Bertz CT molecular complexity index is 431. The van der Waals surface area contributed by atoms with E-state index in [1.807, 2.05) is 0 Å². The molecular weight excluding hydrogens is 322 g/mol. The third-order valence-electron chi connectivity index (χ3n) is 5.31. The highest BCUT2D eigenvalue weighted by atomic mass is 16.2. The summed E-state index contributed by atoms with van der Waals surface area (Å²) in [5, 5.41) is 7.70. The third-order valence-corrected chi connectivity index (χ3v) is 5.31. The van der Waals surface area contributed by atoms with Crippen molar-refractivity contribution < 1.29 is 4.79 Å². The Morgan fingerprint density at radius 1 is 0.769 bits per heavy atom. The minimum absolute atomic E-state index is 0.114. The summed E-state index contributed by atoms with van der Waals surface area (Å²) in [5.41, 5.74) is 0. The van der Waals surface area contributed by atoms with Crippen LogP contribution in [0.15, 0.2) is 12.4 Å². The van der Waals surface area contributed by atoms with Crippen molar-refractivity contribution in [1.29, 1.82) is 0 Å². The predicted molar refractivity (Wildman–Crippen MR) is 109 cm³/mol. The molecule has 0 aliphatic heterocycles. The van der Waals surface area contributed by atoms with Gasteiger partial charge in [-0.2, -0.15) is 4.68 Å². The molecule has 0 saturated carbocycles. The normalized spacial score (nSPS) is 12.4. The van der Waals surface area contributed by atoms with Crippen molar-refractivity contribution in [1.82, 2.24) is 15.0 Å². The number of unbranched alkanes of at least 4 members (excludes halogenated alkanes) is 12. The largest absolute Gasteiger partial charge is 0.272 e. The minimum Gasteiger partial charge on any atom is -0.272 e. The summed E-state index contributed by atoms with van der Waals surface area (Å²) >= 11 is 0. The van der Waals surface area contributed by atoms with Crippen LogP contribution >= 0.6 is 0 Å². The smallest absolute Gasteiger partial charge is 0.251 e. The van der Waals surface area contributed by atoms with E-state index in [1.165, 1.54) is 81.7 Å². The van der Waals surface area contributed by atoms with E-state index in [2.05, 4.69) is 24.2 Å². The number of carbonyl (C=O) groups excluding carboxylic acids is 1. The van der Waals surface area contributed by atoms with Crippen LogP contribution in [0.4, 0.5) is 0 Å². The monoisotopic (exact) mass is 363 g/mol. The molecule has 0 fully saturated rings. The van der Waals surface area contributed by atoms with Crippen molar-refractivity contribution in [3.05, 3.63) is 12.4 Å². The Kier molecular flexibility index (Phi) is 14.1. The van der Waals surface area contributed by atoms with Gasteiger partial charge in [0.05, 0.1) is 12.4 Å². The second-order valence-electron chi connectivity index (χ2n) is 7.70. The second kappa shape index (κ2) is 16.0. The van der Waals surface area contributed by atoms with E-state index < -0.39 is 0 Å². The maximum Gasteiger partial charge on any atom is 0.251 e. The van der Waals surface area contributed by atoms with Crippen molar-refractivity contribution in [3.63, 3.8) is 0 Å². The maximum atomic E-state index is 12.7. The molecule has 0 saturated heterocycles. The van der Waals surface area contributed by atoms with Gasteiger partial charge >= 0.3 is 0 Å². The Morgan fingerprint density at radius 2 is 1.23 bits per heavy atom. The van der Waals surface area contributed by atoms with E-state index in [1.54, 1.807) is 12.4 Å². The minimum atomic E-state index is 0.114. The Morgan fingerprint density at radius 3 is 1.65 bits per heavy atom. The van der Waals surface area contributed by atoms with E-state index in [9.17, 15) is 4.79 Å². The molecule has 150 valence electrons. The average molecular weight is 364 g/mol. The lowest BCUT2D eigenvalue weighted by Crippen LogP contribution is -2.22. The molecule has 1 atom stereocenters. The predicted octanol–water partition coefficient (Wildman–Crippen LogP) is 6.82. The van der Waals surface area contributed by atoms with Crippen LogP contribution in [0, 0.1) is 5.92 Å². The van der Waals surface area contributed by atoms with Crippen molar-refractivity contribution >= 4 is 5.91 Å². The van der Waals surface area contributed by atoms with E-state index in [0.717, 1.165) is 25.7 Å². The van der Waals surface area contributed by atoms with Gasteiger partial charge in [-0.05, 0) is 12.8 Å². The molecule has 0 aliphatic rings. The van der Waals surface area contributed by atoms with Crippen LogP contribution in [0.1, 0.15) is 121 Å². The van der Waals surface area contributed by atoms with Crippen LogP contribution in [-0.2, 0) is 0 Å². The Hall–Kier alpha value is -1.19. The SMILES string of the molecule is CCCCCCCCCCC(CCCCCCCC)C(=O)n1ccnn1. The van der Waals surface area contributed by atoms with Gasteiger partial charge < -0.3 is 0 Å². The summed E-state index contributed by atoms with van der Waals surface area (Å²) in [6.07, 6.45) is 23.4. The summed E-state index contributed by atoms with van der Waals surface area (Å²) in [5.74, 6) is 0.252. The lowest BCUT2D eigenvalue weighted by Gasteiger charge is -2.15. The quantitative estimate of drug-likeness (QED) is 0.285. The number of hydrogen-bond donors (Lipinski definition) is 0. The summed E-state index contributed by atoms with van der Waals surface area (Å²) < 4.78 is 1.44. The maximum absolute atomic E-state index is 12.7. The second-order valence-corrected chi connectivity index (χ2v) is 7.70. The molecule has 1 rings (SSSR count). The number of carbonyl (C=O) groups is 1. The molecule has 0 amide bonds. The van der Waals surface area contributed by atoms with Gasteiger partial charge in [-0.3, -0.25) is 4.79 Å². The first-order chi connectivity index (χ1) is 12.8. The fourth-order valence-corrected chi connectivity index (χ4v) is 3.60. The molecule has 26 heavy (non-hydrogen) atoms. The summed E-state index contributed by atoms with van der Waals surface area (Å²) in [4.78, 5) is 12.7. The van der Waals surface area contributed by atoms with E-state index in [-0.39, 0.29) is 11.8 Å². The molecule has 4 nitrogen and oxygen atoms in total. The fourth-order valence-electron chi connectivity index (χ4n) is 3.60. The van der Waals surface area contributed by atoms with Gasteiger partial charge in [0.15, 0.2) is 0 Å². The lowest BCUT2D eigenvalue weighted by atomic mass is 9.93. The van der Waals surface area contributed by atoms with Gasteiger partial charge in [-0.1, -0.05) is 109 Å². The Labute approximate surface area is 161 Å². The molecule has 0 N–H and O–H groups in total. The molecule has 0 spiro atoms. The molecule has 0 radical (unpaired) electrons. The highest BCUT2D eigenvalue weighted by Gasteiger charge is 2.20. The van der Waals surface area contributed by atoms with Gasteiger partial charge in [0, 0.05) is 5.92 Å². The van der Waals surface area contributed by atoms with Crippen molar-refractivity contribution in [2.45, 2.75) is 117 Å². The first kappa shape index (κ1) is 22.9. The topological polar surface area (TPSA) is 47.8 Å². The average Bonchev–Trinajstić information content (AvgIpc) is 3.19. The summed E-state index contributed by atoms with van der Waals surface area (Å²) in [6, 6.07) is 0. The fraction of sp³-hybridized carbons (Fsp3) is 0.864. The summed E-state index contributed by atoms with van der Waals surface area (Å²) in [7, 11) is 0. The van der Waals surface area contributed by atoms with E-state index >= 15 is 0 Å². The van der Waals surface area contributed by atoms with Crippen molar-refractivity contribution in [3.8, 4) is 0 Å². The molecule has 1 unspecified atom stereocenters. The van der Waals surface area contributed by atoms with Crippen LogP contribution in [0.5, 0.6) is 0 Å². The number of hydrogen-bond acceptors (Lipinski definition) is 3. The van der Waals surface area contributed by atoms with Crippen LogP contribution in [0.3, 0.4) is 0 Å². The lowest BCUT2D eigenvalue weighted by molar-refractivity contribution is 0.0795. The van der Waals surface area contributed by atoms with Gasteiger partial charge in [0.2, 0.25) is 0 Å². The third kappa shape index (κ3) is 10.7. The molecule has 0 aliphatic carbocycles. The van der Waals surface area contributed by atoms with Crippen LogP contribution in [0.2, 0.25) is 0 Å². The zero-order valence-electron chi connectivity index (χ0n) is 17.3. The number of aromatic nitrogens is 3. The molecule has 4 heteroatoms. The standard InChI is InChI=1S/C22H41N3O/c1-3-5-7-9-11-12-14-16-18-21(17-15-13-10-8-6-4-2)22(26)25-20-19-23-24-25/h19-21H,3-18H2,1-2H3.